The lowest BCUT2D eigenvalue weighted by Crippen LogP contribution is -2.46. The highest BCUT2D eigenvalue weighted by molar-refractivity contribution is 7.91. The average Bonchev–Trinajstić information content (AvgIpc) is 2.28. The van der Waals surface area contributed by atoms with Crippen molar-refractivity contribution in [1.82, 2.24) is 5.32 Å². The Balaban J connectivity index is 2.06. The standard InChI is InChI=1S/C12H14FNO3S/c13-11-4-2-1-3-10(11)12(15)7-9-8-18(16,17)6-5-14-9/h1-4,9,14H,5-8H2. The largest absolute Gasteiger partial charge is 0.312 e. The molecule has 0 spiro atoms. The maximum atomic E-state index is 13.4. The van der Waals surface area contributed by atoms with Crippen LogP contribution in [0.4, 0.5) is 4.39 Å². The van der Waals surface area contributed by atoms with Crippen molar-refractivity contribution < 1.29 is 17.6 Å². The molecule has 1 aromatic rings. The maximum Gasteiger partial charge on any atom is 0.167 e. The summed E-state index contributed by atoms with van der Waals surface area (Å²) >= 11 is 0. The molecule has 0 aliphatic carbocycles. The highest BCUT2D eigenvalue weighted by Gasteiger charge is 2.26. The molecule has 1 aliphatic rings. The highest BCUT2D eigenvalue weighted by Crippen LogP contribution is 2.13. The number of carbonyl (C=O) groups excluding carboxylic acids is 1. The molecule has 1 fully saturated rings. The van der Waals surface area contributed by atoms with Crippen LogP contribution in [0.5, 0.6) is 0 Å². The second-order valence-electron chi connectivity index (χ2n) is 4.37. The van der Waals surface area contributed by atoms with Crippen molar-refractivity contribution in [2.45, 2.75) is 12.5 Å². The summed E-state index contributed by atoms with van der Waals surface area (Å²) in [6.45, 7) is 0.345. The van der Waals surface area contributed by atoms with E-state index < -0.39 is 21.7 Å². The van der Waals surface area contributed by atoms with Gasteiger partial charge in [0.2, 0.25) is 0 Å². The third kappa shape index (κ3) is 3.14. The van der Waals surface area contributed by atoms with Crippen LogP contribution < -0.4 is 5.32 Å². The summed E-state index contributed by atoms with van der Waals surface area (Å²) in [4.78, 5) is 11.9. The van der Waals surface area contributed by atoms with E-state index in [2.05, 4.69) is 5.32 Å². The first-order valence-electron chi connectivity index (χ1n) is 5.69. The van der Waals surface area contributed by atoms with E-state index in [-0.39, 0.29) is 29.3 Å². The van der Waals surface area contributed by atoms with Gasteiger partial charge in [0.05, 0.1) is 17.1 Å². The Hall–Kier alpha value is -1.27. The van der Waals surface area contributed by atoms with Crippen LogP contribution in [0.2, 0.25) is 0 Å². The minimum absolute atomic E-state index is 0.000162. The van der Waals surface area contributed by atoms with Crippen molar-refractivity contribution in [3.63, 3.8) is 0 Å². The molecule has 0 saturated carbocycles. The van der Waals surface area contributed by atoms with Crippen LogP contribution in [-0.4, -0.2) is 38.3 Å². The van der Waals surface area contributed by atoms with Gasteiger partial charge >= 0.3 is 0 Å². The number of ketones is 1. The third-order valence-corrected chi connectivity index (χ3v) is 4.64. The van der Waals surface area contributed by atoms with Crippen molar-refractivity contribution >= 4 is 15.6 Å². The molecule has 6 heteroatoms. The Kier molecular flexibility index (Phi) is 3.77. The number of halogens is 1. The molecular formula is C12H14FNO3S. The number of nitrogens with one attached hydrogen (secondary N) is 1. The van der Waals surface area contributed by atoms with Crippen LogP contribution in [0.1, 0.15) is 16.8 Å². The van der Waals surface area contributed by atoms with Crippen LogP contribution >= 0.6 is 0 Å². The van der Waals surface area contributed by atoms with E-state index in [1.807, 2.05) is 0 Å². The fourth-order valence-corrected chi connectivity index (χ4v) is 3.46. The van der Waals surface area contributed by atoms with Gasteiger partial charge in [0.25, 0.3) is 0 Å². The van der Waals surface area contributed by atoms with E-state index in [9.17, 15) is 17.6 Å². The molecule has 98 valence electrons. The first kappa shape index (κ1) is 13.2. The fourth-order valence-electron chi connectivity index (χ4n) is 2.02. The van der Waals surface area contributed by atoms with Crippen molar-refractivity contribution in [2.75, 3.05) is 18.1 Å². The number of benzene rings is 1. The van der Waals surface area contributed by atoms with Gasteiger partial charge in [0, 0.05) is 19.0 Å². The predicted octanol–water partition coefficient (Wildman–Crippen LogP) is 0.785. The van der Waals surface area contributed by atoms with Crippen LogP contribution in [-0.2, 0) is 9.84 Å². The SMILES string of the molecule is O=C(CC1CS(=O)(=O)CCN1)c1ccccc1F. The molecule has 0 bridgehead atoms. The number of hydrogen-bond acceptors (Lipinski definition) is 4. The number of carbonyl (C=O) groups is 1. The molecule has 1 aliphatic heterocycles. The Morgan fingerprint density at radius 2 is 2.11 bits per heavy atom. The van der Waals surface area contributed by atoms with Gasteiger partial charge in [-0.15, -0.1) is 0 Å². The Morgan fingerprint density at radius 3 is 2.78 bits per heavy atom. The second kappa shape index (κ2) is 5.16. The third-order valence-electron chi connectivity index (χ3n) is 2.91. The molecule has 1 aromatic carbocycles. The van der Waals surface area contributed by atoms with Crippen molar-refractivity contribution in [1.29, 1.82) is 0 Å². The highest BCUT2D eigenvalue weighted by atomic mass is 32.2. The summed E-state index contributed by atoms with van der Waals surface area (Å²) in [6.07, 6.45) is 0.000162. The Morgan fingerprint density at radius 1 is 1.39 bits per heavy atom. The van der Waals surface area contributed by atoms with Crippen LogP contribution in [0.15, 0.2) is 24.3 Å². The van der Waals surface area contributed by atoms with Crippen LogP contribution in [0, 0.1) is 5.82 Å². The van der Waals surface area contributed by atoms with E-state index in [0.29, 0.717) is 6.54 Å². The molecule has 4 nitrogen and oxygen atoms in total. The number of rotatable bonds is 3. The lowest BCUT2D eigenvalue weighted by atomic mass is 10.0. The van der Waals surface area contributed by atoms with Gasteiger partial charge in [-0.1, -0.05) is 12.1 Å². The molecule has 18 heavy (non-hydrogen) atoms. The maximum absolute atomic E-state index is 13.4. The average molecular weight is 271 g/mol. The zero-order valence-corrected chi connectivity index (χ0v) is 10.5. The van der Waals surface area contributed by atoms with Gasteiger partial charge < -0.3 is 5.32 Å². The van der Waals surface area contributed by atoms with Gasteiger partial charge in [-0.3, -0.25) is 4.79 Å². The van der Waals surface area contributed by atoms with E-state index in [1.54, 1.807) is 6.07 Å². The summed E-state index contributed by atoms with van der Waals surface area (Å²) in [5.41, 5.74) is 0.0160. The molecular weight excluding hydrogens is 257 g/mol. The zero-order chi connectivity index (χ0) is 13.2. The van der Waals surface area contributed by atoms with Crippen LogP contribution in [0.3, 0.4) is 0 Å². The van der Waals surface area contributed by atoms with E-state index in [0.717, 1.165) is 0 Å². The smallest absolute Gasteiger partial charge is 0.167 e. The first-order chi connectivity index (χ1) is 8.48. The lowest BCUT2D eigenvalue weighted by molar-refractivity contribution is 0.0968. The summed E-state index contributed by atoms with van der Waals surface area (Å²) in [6, 6.07) is 5.31. The molecule has 1 saturated heterocycles. The van der Waals surface area contributed by atoms with E-state index >= 15 is 0 Å². The molecule has 2 rings (SSSR count). The van der Waals surface area contributed by atoms with E-state index in [4.69, 9.17) is 0 Å². The monoisotopic (exact) mass is 271 g/mol. The fraction of sp³-hybridized carbons (Fsp3) is 0.417. The molecule has 1 atom stereocenters. The molecule has 0 amide bonds. The lowest BCUT2D eigenvalue weighted by Gasteiger charge is -2.23. The van der Waals surface area contributed by atoms with Gasteiger partial charge in [0.1, 0.15) is 5.82 Å². The predicted molar refractivity (Wildman–Crippen MR) is 65.8 cm³/mol. The van der Waals surface area contributed by atoms with Gasteiger partial charge in [-0.05, 0) is 12.1 Å². The molecule has 1 heterocycles. The number of hydrogen-bond donors (Lipinski definition) is 1. The van der Waals surface area contributed by atoms with Crippen molar-refractivity contribution in [2.24, 2.45) is 0 Å². The summed E-state index contributed by atoms with van der Waals surface area (Å²) in [5.74, 6) is -0.909. The normalized spacial score (nSPS) is 22.6. The topological polar surface area (TPSA) is 63.2 Å². The summed E-state index contributed by atoms with van der Waals surface area (Å²) < 4.78 is 36.2. The molecule has 0 aromatic heterocycles. The zero-order valence-electron chi connectivity index (χ0n) is 9.73. The Bertz CT molecular complexity index is 556. The minimum atomic E-state index is -3.08. The number of Topliss-reactive ketones (excluding diaryl/α,β-unsaturated/α-hetero) is 1. The first-order valence-corrected chi connectivity index (χ1v) is 7.51. The Labute approximate surface area is 105 Å². The minimum Gasteiger partial charge on any atom is -0.312 e. The number of sulfone groups is 1. The van der Waals surface area contributed by atoms with Gasteiger partial charge in [-0.2, -0.15) is 0 Å². The van der Waals surface area contributed by atoms with E-state index in [1.165, 1.54) is 18.2 Å². The summed E-state index contributed by atoms with van der Waals surface area (Å²) in [7, 11) is -3.08. The molecule has 1 N–H and O–H groups in total. The quantitative estimate of drug-likeness (QED) is 0.825. The van der Waals surface area contributed by atoms with Gasteiger partial charge in [0.15, 0.2) is 15.6 Å². The van der Waals surface area contributed by atoms with Gasteiger partial charge in [-0.25, -0.2) is 12.8 Å². The molecule has 0 radical (unpaired) electrons. The second-order valence-corrected chi connectivity index (χ2v) is 6.60. The molecule has 1 unspecified atom stereocenters. The van der Waals surface area contributed by atoms with Crippen molar-refractivity contribution in [3.05, 3.63) is 35.6 Å². The van der Waals surface area contributed by atoms with Crippen molar-refractivity contribution in [3.8, 4) is 0 Å². The summed E-state index contributed by atoms with van der Waals surface area (Å²) in [5, 5.41) is 2.97. The van der Waals surface area contributed by atoms with Crippen LogP contribution in [0.25, 0.3) is 0 Å².